The first kappa shape index (κ1) is 20.3. The van der Waals surface area contributed by atoms with Gasteiger partial charge in [-0.25, -0.2) is 9.97 Å². The fourth-order valence-electron chi connectivity index (χ4n) is 2.54. The van der Waals surface area contributed by atoms with Gasteiger partial charge in [-0.3, -0.25) is 9.36 Å². The van der Waals surface area contributed by atoms with Crippen molar-refractivity contribution in [1.29, 1.82) is 0 Å². The average molecular weight is 404 g/mol. The van der Waals surface area contributed by atoms with Crippen molar-refractivity contribution < 1.29 is 18.0 Å². The van der Waals surface area contributed by atoms with Gasteiger partial charge >= 0.3 is 6.18 Å². The van der Waals surface area contributed by atoms with E-state index in [4.69, 9.17) is 0 Å². The molecule has 0 radical (unpaired) electrons. The number of carbonyl (C=O) groups is 1. The van der Waals surface area contributed by atoms with Crippen LogP contribution in [0.4, 0.5) is 19.0 Å². The Morgan fingerprint density at radius 3 is 2.59 bits per heavy atom. The van der Waals surface area contributed by atoms with Gasteiger partial charge in [0.05, 0.1) is 5.56 Å². The fourth-order valence-corrected chi connectivity index (χ4v) is 2.54. The van der Waals surface area contributed by atoms with Crippen molar-refractivity contribution in [2.45, 2.75) is 26.1 Å². The van der Waals surface area contributed by atoms with Crippen LogP contribution in [0, 0.1) is 6.92 Å². The third-order valence-corrected chi connectivity index (χ3v) is 4.01. The van der Waals surface area contributed by atoms with E-state index in [2.05, 4.69) is 25.6 Å². The Hall–Kier alpha value is -3.43. The molecule has 10 heteroatoms. The molecule has 152 valence electrons. The molecule has 1 aromatic carbocycles. The molecule has 3 rings (SSSR count). The van der Waals surface area contributed by atoms with E-state index < -0.39 is 11.7 Å². The van der Waals surface area contributed by atoms with Gasteiger partial charge in [0.2, 0.25) is 11.9 Å². The Morgan fingerprint density at radius 2 is 1.93 bits per heavy atom. The molecule has 0 aliphatic heterocycles. The van der Waals surface area contributed by atoms with Crippen LogP contribution in [0.3, 0.4) is 0 Å². The summed E-state index contributed by atoms with van der Waals surface area (Å²) < 4.78 is 39.3. The summed E-state index contributed by atoms with van der Waals surface area (Å²) in [7, 11) is 0. The molecule has 2 heterocycles. The number of anilines is 1. The molecule has 1 amide bonds. The SMILES string of the molecule is Cc1cc(NCCC(=O)NCc2ccc(C(F)(F)F)cc2)nc(-n2ccnc2)n1. The van der Waals surface area contributed by atoms with Gasteiger partial charge in [0.1, 0.15) is 12.1 Å². The van der Waals surface area contributed by atoms with Gasteiger partial charge in [-0.1, -0.05) is 12.1 Å². The van der Waals surface area contributed by atoms with Gasteiger partial charge in [-0.2, -0.15) is 18.2 Å². The summed E-state index contributed by atoms with van der Waals surface area (Å²) in [6.45, 7) is 2.34. The van der Waals surface area contributed by atoms with Crippen molar-refractivity contribution in [3.8, 4) is 5.95 Å². The second-order valence-corrected chi connectivity index (χ2v) is 6.31. The molecule has 2 aromatic heterocycles. The molecule has 29 heavy (non-hydrogen) atoms. The second kappa shape index (κ2) is 8.72. The number of nitrogens with zero attached hydrogens (tertiary/aromatic N) is 4. The van der Waals surface area contributed by atoms with Gasteiger partial charge in [-0.05, 0) is 24.6 Å². The van der Waals surface area contributed by atoms with E-state index in [0.29, 0.717) is 23.9 Å². The lowest BCUT2D eigenvalue weighted by Gasteiger charge is -2.10. The summed E-state index contributed by atoms with van der Waals surface area (Å²) in [5.74, 6) is 0.825. The highest BCUT2D eigenvalue weighted by molar-refractivity contribution is 5.76. The Bertz CT molecular complexity index is 955. The number of hydrogen-bond acceptors (Lipinski definition) is 5. The van der Waals surface area contributed by atoms with E-state index in [-0.39, 0.29) is 18.9 Å². The zero-order valence-electron chi connectivity index (χ0n) is 15.6. The predicted molar refractivity (Wildman–Crippen MR) is 100 cm³/mol. The fraction of sp³-hybridized carbons (Fsp3) is 0.263. The van der Waals surface area contributed by atoms with Gasteiger partial charge in [0, 0.05) is 43.7 Å². The molecule has 3 aromatic rings. The van der Waals surface area contributed by atoms with E-state index >= 15 is 0 Å². The van der Waals surface area contributed by atoms with Crippen LogP contribution in [0.5, 0.6) is 0 Å². The molecule has 0 aliphatic carbocycles. The van der Waals surface area contributed by atoms with E-state index in [1.807, 2.05) is 6.92 Å². The molecule has 0 fully saturated rings. The average Bonchev–Trinajstić information content (AvgIpc) is 3.20. The lowest BCUT2D eigenvalue weighted by Crippen LogP contribution is -2.25. The number of imidazole rings is 1. The van der Waals surface area contributed by atoms with Crippen molar-refractivity contribution in [3.63, 3.8) is 0 Å². The van der Waals surface area contributed by atoms with E-state index in [1.54, 1.807) is 29.4 Å². The first-order chi connectivity index (χ1) is 13.8. The lowest BCUT2D eigenvalue weighted by atomic mass is 10.1. The molecule has 7 nitrogen and oxygen atoms in total. The smallest absolute Gasteiger partial charge is 0.369 e. The number of rotatable bonds is 7. The maximum absolute atomic E-state index is 12.6. The molecule has 0 unspecified atom stereocenters. The van der Waals surface area contributed by atoms with Crippen LogP contribution < -0.4 is 10.6 Å². The summed E-state index contributed by atoms with van der Waals surface area (Å²) in [5.41, 5.74) is 0.639. The molecule has 0 spiro atoms. The van der Waals surface area contributed by atoms with Crippen molar-refractivity contribution >= 4 is 11.7 Å². The van der Waals surface area contributed by atoms with Gasteiger partial charge in [0.15, 0.2) is 0 Å². The highest BCUT2D eigenvalue weighted by Gasteiger charge is 2.29. The van der Waals surface area contributed by atoms with Crippen molar-refractivity contribution in [3.05, 3.63) is 65.9 Å². The van der Waals surface area contributed by atoms with Crippen LogP contribution in [0.15, 0.2) is 49.1 Å². The third kappa shape index (κ3) is 5.77. The minimum absolute atomic E-state index is 0.161. The van der Waals surface area contributed by atoms with Crippen LogP contribution >= 0.6 is 0 Å². The second-order valence-electron chi connectivity index (χ2n) is 6.31. The van der Waals surface area contributed by atoms with Crippen molar-refractivity contribution in [2.75, 3.05) is 11.9 Å². The summed E-state index contributed by atoms with van der Waals surface area (Å²) in [6, 6.07) is 6.46. The Balaban J connectivity index is 1.47. The zero-order valence-corrected chi connectivity index (χ0v) is 15.6. The molecule has 2 N–H and O–H groups in total. The molecule has 0 aliphatic rings. The Morgan fingerprint density at radius 1 is 1.17 bits per heavy atom. The van der Waals surface area contributed by atoms with Crippen LogP contribution in [-0.4, -0.2) is 32.0 Å². The Labute approximate surface area is 165 Å². The number of hydrogen-bond donors (Lipinski definition) is 2. The lowest BCUT2D eigenvalue weighted by molar-refractivity contribution is -0.137. The minimum Gasteiger partial charge on any atom is -0.369 e. The zero-order chi connectivity index (χ0) is 20.9. The minimum atomic E-state index is -4.37. The Kier molecular flexibility index (Phi) is 6.10. The first-order valence-corrected chi connectivity index (χ1v) is 8.82. The summed E-state index contributed by atoms with van der Waals surface area (Å²) in [6.07, 6.45) is 0.759. The summed E-state index contributed by atoms with van der Waals surface area (Å²) >= 11 is 0. The largest absolute Gasteiger partial charge is 0.416 e. The van der Waals surface area contributed by atoms with Crippen LogP contribution in [0.2, 0.25) is 0 Å². The van der Waals surface area contributed by atoms with Crippen molar-refractivity contribution in [1.82, 2.24) is 24.8 Å². The summed E-state index contributed by atoms with van der Waals surface area (Å²) in [4.78, 5) is 24.6. The molecular weight excluding hydrogens is 385 g/mol. The van der Waals surface area contributed by atoms with E-state index in [1.165, 1.54) is 12.1 Å². The highest BCUT2D eigenvalue weighted by atomic mass is 19.4. The number of carbonyl (C=O) groups excluding carboxylic acids is 1. The van der Waals surface area contributed by atoms with Gasteiger partial charge < -0.3 is 10.6 Å². The van der Waals surface area contributed by atoms with Crippen LogP contribution in [0.1, 0.15) is 23.2 Å². The topological polar surface area (TPSA) is 84.7 Å². The molecule has 0 saturated carbocycles. The highest BCUT2D eigenvalue weighted by Crippen LogP contribution is 2.29. The van der Waals surface area contributed by atoms with E-state index in [0.717, 1.165) is 17.8 Å². The maximum atomic E-state index is 12.6. The molecule has 0 saturated heterocycles. The molecule has 0 bridgehead atoms. The standard InChI is InChI=1S/C19H19F3N6O/c1-13-10-16(27-18(26-13)28-9-8-23-12-28)24-7-6-17(29)25-11-14-2-4-15(5-3-14)19(20,21)22/h2-5,8-10,12H,6-7,11H2,1H3,(H,25,29)(H,24,26,27). The maximum Gasteiger partial charge on any atom is 0.416 e. The number of halogens is 3. The van der Waals surface area contributed by atoms with E-state index in [9.17, 15) is 18.0 Å². The number of amides is 1. The van der Waals surface area contributed by atoms with Crippen molar-refractivity contribution in [2.24, 2.45) is 0 Å². The number of aromatic nitrogens is 4. The number of alkyl halides is 3. The first-order valence-electron chi connectivity index (χ1n) is 8.82. The third-order valence-electron chi connectivity index (χ3n) is 4.01. The number of nitrogens with one attached hydrogen (secondary N) is 2. The monoisotopic (exact) mass is 404 g/mol. The predicted octanol–water partition coefficient (Wildman–Crippen LogP) is 3.11. The quantitative estimate of drug-likeness (QED) is 0.632. The molecular formula is C19H19F3N6O. The molecule has 0 atom stereocenters. The number of benzene rings is 1. The van der Waals surface area contributed by atoms with Gasteiger partial charge in [0.25, 0.3) is 0 Å². The number of aryl methyl sites for hydroxylation is 1. The summed E-state index contributed by atoms with van der Waals surface area (Å²) in [5, 5.41) is 5.75. The normalized spacial score (nSPS) is 11.3. The van der Waals surface area contributed by atoms with Gasteiger partial charge in [-0.15, -0.1) is 0 Å². The van der Waals surface area contributed by atoms with Crippen LogP contribution in [-0.2, 0) is 17.5 Å². The van der Waals surface area contributed by atoms with Crippen LogP contribution in [0.25, 0.3) is 5.95 Å².